The average Bonchev–Trinajstić information content (AvgIpc) is 3.25. The molecule has 7 heteroatoms. The zero-order chi connectivity index (χ0) is 20.2. The standard InChI is InChI=1S/C21H25N5O2/c1-11-6-7-16(27)12(2)17(11)20-19(22)18(21(23)28)15-10-14(13(3)24-26(15)20)25-8-4-5-9-25/h6-7,10,27H,4-5,8-9,22H2,1-3H3,(H2,23,28). The maximum absolute atomic E-state index is 12.3. The molecule has 1 amide bonds. The van der Waals surface area contributed by atoms with E-state index in [2.05, 4.69) is 4.90 Å². The summed E-state index contributed by atoms with van der Waals surface area (Å²) in [6.07, 6.45) is 2.28. The van der Waals surface area contributed by atoms with Crippen molar-refractivity contribution in [3.8, 4) is 17.0 Å². The maximum atomic E-state index is 12.3. The van der Waals surface area contributed by atoms with Crippen LogP contribution in [-0.2, 0) is 0 Å². The smallest absolute Gasteiger partial charge is 0.253 e. The Balaban J connectivity index is 2.09. The van der Waals surface area contributed by atoms with Crippen LogP contribution >= 0.6 is 0 Å². The molecule has 3 aromatic rings. The summed E-state index contributed by atoms with van der Waals surface area (Å²) in [5.74, 6) is -0.421. The highest BCUT2D eigenvalue weighted by molar-refractivity contribution is 6.09. The quantitative estimate of drug-likeness (QED) is 0.648. The number of aromatic nitrogens is 2. The van der Waals surface area contributed by atoms with Gasteiger partial charge < -0.3 is 21.5 Å². The summed E-state index contributed by atoms with van der Waals surface area (Å²) in [7, 11) is 0. The van der Waals surface area contributed by atoms with Gasteiger partial charge in [-0.2, -0.15) is 5.10 Å². The second kappa shape index (κ2) is 6.44. The molecule has 3 heterocycles. The number of primary amides is 1. The molecule has 0 aliphatic carbocycles. The van der Waals surface area contributed by atoms with E-state index < -0.39 is 5.91 Å². The van der Waals surface area contributed by atoms with E-state index in [1.54, 1.807) is 10.6 Å². The molecule has 4 rings (SSSR count). The fourth-order valence-electron chi connectivity index (χ4n) is 4.25. The van der Waals surface area contributed by atoms with Crippen LogP contribution in [-0.4, -0.2) is 33.7 Å². The second-order valence-corrected chi connectivity index (χ2v) is 7.51. The Morgan fingerprint density at radius 2 is 1.86 bits per heavy atom. The number of nitrogens with zero attached hydrogens (tertiary/aromatic N) is 3. The van der Waals surface area contributed by atoms with Crippen molar-refractivity contribution in [1.82, 2.24) is 9.61 Å². The van der Waals surface area contributed by atoms with Crippen LogP contribution in [0, 0.1) is 20.8 Å². The van der Waals surface area contributed by atoms with Crippen LogP contribution in [0.25, 0.3) is 16.8 Å². The Hall–Kier alpha value is -3.22. The summed E-state index contributed by atoms with van der Waals surface area (Å²) >= 11 is 0. The van der Waals surface area contributed by atoms with E-state index in [-0.39, 0.29) is 17.0 Å². The van der Waals surface area contributed by atoms with Gasteiger partial charge in [-0.25, -0.2) is 4.52 Å². The highest BCUT2D eigenvalue weighted by Gasteiger charge is 2.27. The molecule has 0 radical (unpaired) electrons. The molecular weight excluding hydrogens is 354 g/mol. The summed E-state index contributed by atoms with van der Waals surface area (Å²) in [4.78, 5) is 14.6. The number of rotatable bonds is 3. The van der Waals surface area contributed by atoms with E-state index in [9.17, 15) is 9.90 Å². The van der Waals surface area contributed by atoms with Crippen molar-refractivity contribution >= 4 is 22.8 Å². The molecule has 0 atom stereocenters. The summed E-state index contributed by atoms with van der Waals surface area (Å²) in [6.45, 7) is 7.66. The molecule has 28 heavy (non-hydrogen) atoms. The summed E-state index contributed by atoms with van der Waals surface area (Å²) in [6, 6.07) is 5.44. The van der Waals surface area contributed by atoms with Crippen LogP contribution in [0.1, 0.15) is 40.0 Å². The third kappa shape index (κ3) is 2.58. The van der Waals surface area contributed by atoms with E-state index in [1.807, 2.05) is 32.9 Å². The van der Waals surface area contributed by atoms with Crippen LogP contribution in [0.5, 0.6) is 5.75 Å². The van der Waals surface area contributed by atoms with E-state index >= 15 is 0 Å². The van der Waals surface area contributed by atoms with Gasteiger partial charge in [0.15, 0.2) is 0 Å². The number of nitrogens with two attached hydrogens (primary N) is 2. The molecule has 1 aliphatic rings. The molecule has 1 aliphatic heterocycles. The van der Waals surface area contributed by atoms with Crippen molar-refractivity contribution in [3.05, 3.63) is 40.6 Å². The number of anilines is 2. The number of amides is 1. The number of benzene rings is 1. The summed E-state index contributed by atoms with van der Waals surface area (Å²) in [5.41, 5.74) is 18.1. The monoisotopic (exact) mass is 379 g/mol. The number of carbonyl (C=O) groups is 1. The van der Waals surface area contributed by atoms with Gasteiger partial charge in [0.25, 0.3) is 5.91 Å². The minimum atomic E-state index is -0.588. The van der Waals surface area contributed by atoms with Crippen molar-refractivity contribution in [1.29, 1.82) is 0 Å². The fourth-order valence-corrected chi connectivity index (χ4v) is 4.25. The molecule has 146 valence electrons. The Labute approximate surface area is 163 Å². The Kier molecular flexibility index (Phi) is 4.18. The molecule has 1 saturated heterocycles. The van der Waals surface area contributed by atoms with Gasteiger partial charge in [0.05, 0.1) is 33.8 Å². The molecule has 2 aromatic heterocycles. The second-order valence-electron chi connectivity index (χ2n) is 7.51. The van der Waals surface area contributed by atoms with E-state index in [1.165, 1.54) is 0 Å². The van der Waals surface area contributed by atoms with Crippen molar-refractivity contribution < 1.29 is 9.90 Å². The first-order chi connectivity index (χ1) is 13.3. The SMILES string of the molecule is Cc1ccc(O)c(C)c1-c1c(N)c(C(N)=O)c2cc(N3CCCC3)c(C)nn12. The molecule has 7 nitrogen and oxygen atoms in total. The Bertz CT molecular complexity index is 1110. The number of hydrogen-bond acceptors (Lipinski definition) is 5. The van der Waals surface area contributed by atoms with Crippen LogP contribution in [0.2, 0.25) is 0 Å². The van der Waals surface area contributed by atoms with Gasteiger partial charge in [-0.05, 0) is 51.3 Å². The molecule has 1 fully saturated rings. The number of carbonyl (C=O) groups excluding carboxylic acids is 1. The highest BCUT2D eigenvalue weighted by atomic mass is 16.3. The first-order valence-electron chi connectivity index (χ1n) is 9.47. The van der Waals surface area contributed by atoms with E-state index in [0.29, 0.717) is 16.8 Å². The number of phenolic OH excluding ortho intramolecular Hbond substituents is 1. The molecular formula is C21H25N5O2. The number of aromatic hydroxyl groups is 1. The minimum Gasteiger partial charge on any atom is -0.508 e. The van der Waals surface area contributed by atoms with Crippen molar-refractivity contribution in [2.75, 3.05) is 23.7 Å². The number of hydrogen-bond donors (Lipinski definition) is 3. The van der Waals surface area contributed by atoms with Gasteiger partial charge in [-0.15, -0.1) is 0 Å². The molecule has 0 spiro atoms. The molecule has 5 N–H and O–H groups in total. The van der Waals surface area contributed by atoms with Crippen molar-refractivity contribution in [2.45, 2.75) is 33.6 Å². The summed E-state index contributed by atoms with van der Waals surface area (Å²) in [5, 5.41) is 15.0. The van der Waals surface area contributed by atoms with Crippen LogP contribution in [0.3, 0.4) is 0 Å². The Morgan fingerprint density at radius 3 is 2.50 bits per heavy atom. The zero-order valence-corrected chi connectivity index (χ0v) is 16.4. The van der Waals surface area contributed by atoms with Gasteiger partial charge in [-0.1, -0.05) is 6.07 Å². The fraction of sp³-hybridized carbons (Fsp3) is 0.333. The minimum absolute atomic E-state index is 0.168. The Morgan fingerprint density at radius 1 is 1.18 bits per heavy atom. The number of phenols is 1. The first-order valence-corrected chi connectivity index (χ1v) is 9.47. The van der Waals surface area contributed by atoms with Crippen LogP contribution in [0.15, 0.2) is 18.2 Å². The summed E-state index contributed by atoms with van der Waals surface area (Å²) < 4.78 is 1.69. The lowest BCUT2D eigenvalue weighted by Crippen LogP contribution is -2.20. The highest BCUT2D eigenvalue weighted by Crippen LogP contribution is 2.40. The largest absolute Gasteiger partial charge is 0.508 e. The van der Waals surface area contributed by atoms with Crippen LogP contribution in [0.4, 0.5) is 11.4 Å². The van der Waals surface area contributed by atoms with Gasteiger partial charge in [0, 0.05) is 24.2 Å². The number of nitrogen functional groups attached to an aromatic ring is 1. The molecule has 0 unspecified atom stereocenters. The number of fused-ring (bicyclic) bond motifs is 1. The average molecular weight is 379 g/mol. The van der Waals surface area contributed by atoms with Crippen LogP contribution < -0.4 is 16.4 Å². The lowest BCUT2D eigenvalue weighted by atomic mass is 9.98. The molecule has 0 bridgehead atoms. The zero-order valence-electron chi connectivity index (χ0n) is 16.4. The predicted octanol–water partition coefficient (Wildman–Crippen LogP) is 2.91. The normalized spacial score (nSPS) is 14.2. The number of aryl methyl sites for hydroxylation is 2. The molecule has 1 aromatic carbocycles. The first kappa shape index (κ1) is 18.2. The molecule has 0 saturated carbocycles. The third-order valence-electron chi connectivity index (χ3n) is 5.69. The van der Waals surface area contributed by atoms with Gasteiger partial charge >= 0.3 is 0 Å². The third-order valence-corrected chi connectivity index (χ3v) is 5.69. The van der Waals surface area contributed by atoms with Gasteiger partial charge in [0.1, 0.15) is 5.75 Å². The van der Waals surface area contributed by atoms with Crippen molar-refractivity contribution in [2.24, 2.45) is 5.73 Å². The van der Waals surface area contributed by atoms with Crippen molar-refractivity contribution in [3.63, 3.8) is 0 Å². The lowest BCUT2D eigenvalue weighted by Gasteiger charge is -2.20. The van der Waals surface area contributed by atoms with E-state index in [0.717, 1.165) is 48.4 Å². The van der Waals surface area contributed by atoms with E-state index in [4.69, 9.17) is 16.6 Å². The van der Waals surface area contributed by atoms with Gasteiger partial charge in [-0.3, -0.25) is 4.79 Å². The maximum Gasteiger partial charge on any atom is 0.253 e. The lowest BCUT2D eigenvalue weighted by molar-refractivity contribution is 0.100. The predicted molar refractivity (Wildman–Crippen MR) is 111 cm³/mol. The topological polar surface area (TPSA) is 110 Å². The van der Waals surface area contributed by atoms with Gasteiger partial charge in [0.2, 0.25) is 0 Å².